The van der Waals surface area contributed by atoms with Gasteiger partial charge in [-0.25, -0.2) is 0 Å². The van der Waals surface area contributed by atoms with Crippen LogP contribution in [0.4, 0.5) is 5.69 Å². The Bertz CT molecular complexity index is 495. The monoisotopic (exact) mass is 276 g/mol. The second-order valence-corrected chi connectivity index (χ2v) is 6.61. The normalized spacial score (nSPS) is 21.6. The SMILES string of the molecule is NCC1(c2ccc3c(c2)NC(=O)CS3)CCCCC1. The Labute approximate surface area is 118 Å². The average molecular weight is 276 g/mol. The molecule has 3 nitrogen and oxygen atoms in total. The number of thioether (sulfide) groups is 1. The predicted octanol–water partition coefficient (Wildman–Crippen LogP) is 2.89. The molecule has 0 spiro atoms. The van der Waals surface area contributed by atoms with Crippen molar-refractivity contribution in [3.05, 3.63) is 23.8 Å². The Morgan fingerprint density at radius 1 is 1.26 bits per heavy atom. The van der Waals surface area contributed by atoms with Crippen LogP contribution >= 0.6 is 11.8 Å². The molecule has 0 aromatic heterocycles. The van der Waals surface area contributed by atoms with Gasteiger partial charge in [0.05, 0.1) is 11.4 Å². The molecule has 2 aliphatic rings. The molecule has 1 heterocycles. The Morgan fingerprint density at radius 2 is 2.05 bits per heavy atom. The fourth-order valence-electron chi connectivity index (χ4n) is 3.25. The maximum atomic E-state index is 11.5. The Hall–Kier alpha value is -1.000. The first-order valence-electron chi connectivity index (χ1n) is 7.01. The fraction of sp³-hybridized carbons (Fsp3) is 0.533. The summed E-state index contributed by atoms with van der Waals surface area (Å²) in [5.41, 5.74) is 8.48. The van der Waals surface area contributed by atoms with Crippen molar-refractivity contribution < 1.29 is 4.79 Å². The summed E-state index contributed by atoms with van der Waals surface area (Å²) in [5, 5.41) is 2.98. The number of nitrogens with two attached hydrogens (primary N) is 1. The Balaban J connectivity index is 1.96. The van der Waals surface area contributed by atoms with Gasteiger partial charge in [-0.1, -0.05) is 25.3 Å². The summed E-state index contributed by atoms with van der Waals surface area (Å²) in [5.74, 6) is 0.620. The van der Waals surface area contributed by atoms with Gasteiger partial charge in [0, 0.05) is 16.9 Å². The molecule has 0 bridgehead atoms. The van der Waals surface area contributed by atoms with Gasteiger partial charge in [0.1, 0.15) is 0 Å². The molecule has 0 radical (unpaired) electrons. The van der Waals surface area contributed by atoms with E-state index in [1.165, 1.54) is 42.6 Å². The molecule has 3 N–H and O–H groups in total. The standard InChI is InChI=1S/C15H20N2OS/c16-10-15(6-2-1-3-7-15)11-4-5-13-12(8-11)17-14(18)9-19-13/h4-5,8H,1-3,6-7,9-10,16H2,(H,17,18). The van der Waals surface area contributed by atoms with Gasteiger partial charge in [-0.2, -0.15) is 0 Å². The van der Waals surface area contributed by atoms with Gasteiger partial charge in [-0.15, -0.1) is 11.8 Å². The number of hydrogen-bond donors (Lipinski definition) is 2. The van der Waals surface area contributed by atoms with Gasteiger partial charge in [-0.3, -0.25) is 4.79 Å². The second kappa shape index (κ2) is 5.17. The first-order chi connectivity index (χ1) is 9.23. The summed E-state index contributed by atoms with van der Waals surface area (Å²) in [7, 11) is 0. The number of anilines is 1. The van der Waals surface area contributed by atoms with Crippen molar-refractivity contribution in [1.29, 1.82) is 0 Å². The maximum absolute atomic E-state index is 11.5. The first kappa shape index (κ1) is 13.0. The number of carbonyl (C=O) groups is 1. The summed E-state index contributed by atoms with van der Waals surface area (Å²) in [6, 6.07) is 6.50. The lowest BCUT2D eigenvalue weighted by atomic mass is 9.69. The van der Waals surface area contributed by atoms with Crippen LogP contribution in [0.2, 0.25) is 0 Å². The average Bonchev–Trinajstić information content (AvgIpc) is 2.47. The van der Waals surface area contributed by atoms with Crippen LogP contribution in [0.5, 0.6) is 0 Å². The Kier molecular flexibility index (Phi) is 3.54. The van der Waals surface area contributed by atoms with Crippen LogP contribution in [0.15, 0.2) is 23.1 Å². The molecule has 1 saturated carbocycles. The molecule has 1 aliphatic heterocycles. The van der Waals surface area contributed by atoms with Crippen LogP contribution in [0, 0.1) is 0 Å². The molecule has 0 atom stereocenters. The van der Waals surface area contributed by atoms with Crippen molar-refractivity contribution in [1.82, 2.24) is 0 Å². The lowest BCUT2D eigenvalue weighted by Gasteiger charge is -2.37. The van der Waals surface area contributed by atoms with E-state index in [4.69, 9.17) is 5.73 Å². The van der Waals surface area contributed by atoms with Gasteiger partial charge < -0.3 is 11.1 Å². The van der Waals surface area contributed by atoms with Gasteiger partial charge in [0.2, 0.25) is 5.91 Å². The molecular formula is C15H20N2OS. The van der Waals surface area contributed by atoms with E-state index >= 15 is 0 Å². The van der Waals surface area contributed by atoms with E-state index in [0.29, 0.717) is 12.3 Å². The summed E-state index contributed by atoms with van der Waals surface area (Å²) in [6.45, 7) is 0.701. The number of fused-ring (bicyclic) bond motifs is 1. The lowest BCUT2D eigenvalue weighted by molar-refractivity contribution is -0.113. The molecule has 0 saturated heterocycles. The van der Waals surface area contributed by atoms with Crippen LogP contribution in [-0.4, -0.2) is 18.2 Å². The third kappa shape index (κ3) is 2.39. The van der Waals surface area contributed by atoms with Gasteiger partial charge >= 0.3 is 0 Å². The number of benzene rings is 1. The molecular weight excluding hydrogens is 256 g/mol. The molecule has 1 aromatic rings. The second-order valence-electron chi connectivity index (χ2n) is 5.59. The molecule has 3 rings (SSSR count). The highest BCUT2D eigenvalue weighted by molar-refractivity contribution is 8.00. The number of carbonyl (C=O) groups excluding carboxylic acids is 1. The third-order valence-corrected chi connectivity index (χ3v) is 5.50. The van der Waals surface area contributed by atoms with Crippen LogP contribution < -0.4 is 11.1 Å². The fourth-order valence-corrected chi connectivity index (χ4v) is 4.04. The van der Waals surface area contributed by atoms with E-state index in [1.54, 1.807) is 11.8 Å². The van der Waals surface area contributed by atoms with Crippen molar-refractivity contribution >= 4 is 23.4 Å². The smallest absolute Gasteiger partial charge is 0.234 e. The zero-order chi connectivity index (χ0) is 13.3. The highest BCUT2D eigenvalue weighted by Gasteiger charge is 2.33. The van der Waals surface area contributed by atoms with Gasteiger partial charge in [0.25, 0.3) is 0 Å². The zero-order valence-electron chi connectivity index (χ0n) is 11.1. The summed E-state index contributed by atoms with van der Waals surface area (Å²) in [4.78, 5) is 12.7. The van der Waals surface area contributed by atoms with E-state index in [0.717, 1.165) is 5.69 Å². The third-order valence-electron chi connectivity index (χ3n) is 4.43. The topological polar surface area (TPSA) is 55.1 Å². The molecule has 1 aromatic carbocycles. The van der Waals surface area contributed by atoms with E-state index in [-0.39, 0.29) is 11.3 Å². The number of hydrogen-bond acceptors (Lipinski definition) is 3. The van der Waals surface area contributed by atoms with Crippen LogP contribution in [0.1, 0.15) is 37.7 Å². The quantitative estimate of drug-likeness (QED) is 0.873. The molecule has 102 valence electrons. The van der Waals surface area contributed by atoms with Crippen molar-refractivity contribution in [3.63, 3.8) is 0 Å². The lowest BCUT2D eigenvalue weighted by Crippen LogP contribution is -2.37. The van der Waals surface area contributed by atoms with Gasteiger partial charge in [-0.05, 0) is 30.5 Å². The zero-order valence-corrected chi connectivity index (χ0v) is 11.9. The minimum atomic E-state index is 0.0973. The predicted molar refractivity (Wildman–Crippen MR) is 79.6 cm³/mol. The van der Waals surface area contributed by atoms with E-state index < -0.39 is 0 Å². The number of rotatable bonds is 2. The number of nitrogens with one attached hydrogen (secondary N) is 1. The minimum absolute atomic E-state index is 0.0973. The highest BCUT2D eigenvalue weighted by atomic mass is 32.2. The van der Waals surface area contributed by atoms with E-state index in [1.807, 2.05) is 0 Å². The molecule has 1 fully saturated rings. The van der Waals surface area contributed by atoms with Gasteiger partial charge in [0.15, 0.2) is 0 Å². The summed E-state index contributed by atoms with van der Waals surface area (Å²) >= 11 is 1.62. The van der Waals surface area contributed by atoms with E-state index in [2.05, 4.69) is 23.5 Å². The van der Waals surface area contributed by atoms with Crippen molar-refractivity contribution in [2.75, 3.05) is 17.6 Å². The van der Waals surface area contributed by atoms with Crippen molar-refractivity contribution in [2.45, 2.75) is 42.4 Å². The minimum Gasteiger partial charge on any atom is -0.330 e. The van der Waals surface area contributed by atoms with Crippen molar-refractivity contribution in [3.8, 4) is 0 Å². The summed E-state index contributed by atoms with van der Waals surface area (Å²) in [6.07, 6.45) is 6.18. The largest absolute Gasteiger partial charge is 0.330 e. The first-order valence-corrected chi connectivity index (χ1v) is 7.99. The summed E-state index contributed by atoms with van der Waals surface area (Å²) < 4.78 is 0. The van der Waals surface area contributed by atoms with Crippen molar-refractivity contribution in [2.24, 2.45) is 5.73 Å². The molecule has 1 aliphatic carbocycles. The van der Waals surface area contributed by atoms with Crippen LogP contribution in [0.25, 0.3) is 0 Å². The molecule has 19 heavy (non-hydrogen) atoms. The maximum Gasteiger partial charge on any atom is 0.234 e. The van der Waals surface area contributed by atoms with E-state index in [9.17, 15) is 4.79 Å². The molecule has 0 unspecified atom stereocenters. The van der Waals surface area contributed by atoms with Crippen LogP contribution in [-0.2, 0) is 10.2 Å². The van der Waals surface area contributed by atoms with Crippen LogP contribution in [0.3, 0.4) is 0 Å². The highest BCUT2D eigenvalue weighted by Crippen LogP contribution is 2.41. The molecule has 4 heteroatoms. The molecule has 1 amide bonds. The Morgan fingerprint density at radius 3 is 2.79 bits per heavy atom. The number of amides is 1.